The minimum atomic E-state index is -0.933. The van der Waals surface area contributed by atoms with Crippen molar-refractivity contribution in [3.8, 4) is 0 Å². The smallest absolute Gasteiger partial charge is 0.320 e. The maximum Gasteiger partial charge on any atom is 0.320 e. The molecule has 0 aromatic rings. The summed E-state index contributed by atoms with van der Waals surface area (Å²) >= 11 is 0. The number of carbonyl (C=O) groups excluding carboxylic acids is 2. The van der Waals surface area contributed by atoms with Gasteiger partial charge in [-0.3, -0.25) is 14.4 Å². The van der Waals surface area contributed by atoms with Gasteiger partial charge in [-0.05, 0) is 25.8 Å². The van der Waals surface area contributed by atoms with E-state index in [0.29, 0.717) is 19.4 Å². The van der Waals surface area contributed by atoms with E-state index in [0.717, 1.165) is 25.7 Å². The molecule has 2 amide bonds. The summed E-state index contributed by atoms with van der Waals surface area (Å²) in [4.78, 5) is 31.3. The third-order valence-corrected chi connectivity index (χ3v) is 2.82. The highest BCUT2D eigenvalue weighted by atomic mass is 16.4. The Morgan fingerprint density at radius 1 is 1.00 bits per heavy atom. The molecule has 0 spiro atoms. The van der Waals surface area contributed by atoms with Gasteiger partial charge in [-0.15, -0.1) is 0 Å². The Bertz CT molecular complexity index is 309. The van der Waals surface area contributed by atoms with Crippen LogP contribution >= 0.6 is 0 Å². The molecule has 0 saturated heterocycles. The second-order valence-corrected chi connectivity index (χ2v) is 4.73. The summed E-state index contributed by atoms with van der Waals surface area (Å²) in [5.74, 6) is -2.95. The fourth-order valence-corrected chi connectivity index (χ4v) is 1.47. The number of hydrogen-bond donors (Lipinski definition) is 5. The minimum Gasteiger partial charge on any atom is -0.480 e. The van der Waals surface area contributed by atoms with Gasteiger partial charge in [-0.2, -0.15) is 0 Å². The third kappa shape index (κ3) is 13.1. The lowest BCUT2D eigenvalue weighted by Crippen LogP contribution is -2.34. The summed E-state index contributed by atoms with van der Waals surface area (Å²) in [5.41, 5.74) is 20.3. The van der Waals surface area contributed by atoms with Crippen molar-refractivity contribution >= 4 is 17.8 Å². The van der Waals surface area contributed by atoms with E-state index in [1.807, 2.05) is 6.92 Å². The van der Waals surface area contributed by atoms with Crippen molar-refractivity contribution in [2.45, 2.75) is 51.5 Å². The highest BCUT2D eigenvalue weighted by molar-refractivity contribution is 5.98. The van der Waals surface area contributed by atoms with Crippen LogP contribution in [0.5, 0.6) is 0 Å². The Morgan fingerprint density at radius 3 is 1.86 bits per heavy atom. The molecule has 0 aliphatic heterocycles. The molecular formula is C13H28N4O4. The van der Waals surface area contributed by atoms with Crippen molar-refractivity contribution in [3.63, 3.8) is 0 Å². The second kappa shape index (κ2) is 13.3. The summed E-state index contributed by atoms with van der Waals surface area (Å²) in [6.45, 7) is 2.57. The SMILES string of the molecule is CCCCC(C(N)=O)C(N)=O.NCCCC[C@H](N)C(=O)O. The fourth-order valence-electron chi connectivity index (χ4n) is 1.47. The molecule has 0 aromatic carbocycles. The molecule has 0 fully saturated rings. The Balaban J connectivity index is 0. The van der Waals surface area contributed by atoms with Gasteiger partial charge in [0.15, 0.2) is 0 Å². The molecule has 8 heteroatoms. The van der Waals surface area contributed by atoms with Crippen LogP contribution < -0.4 is 22.9 Å². The summed E-state index contributed by atoms with van der Waals surface area (Å²) in [5, 5.41) is 8.33. The molecule has 8 nitrogen and oxygen atoms in total. The number of carbonyl (C=O) groups is 3. The highest BCUT2D eigenvalue weighted by Gasteiger charge is 2.20. The van der Waals surface area contributed by atoms with Crippen LogP contribution in [0.25, 0.3) is 0 Å². The molecule has 0 bridgehead atoms. The number of amides is 2. The lowest BCUT2D eigenvalue weighted by Gasteiger charge is -2.06. The third-order valence-electron chi connectivity index (χ3n) is 2.82. The zero-order chi connectivity index (χ0) is 16.8. The van der Waals surface area contributed by atoms with E-state index >= 15 is 0 Å². The van der Waals surface area contributed by atoms with Crippen LogP contribution in [-0.2, 0) is 14.4 Å². The lowest BCUT2D eigenvalue weighted by molar-refractivity contribution is -0.138. The van der Waals surface area contributed by atoms with Crippen LogP contribution in [0.15, 0.2) is 0 Å². The molecular weight excluding hydrogens is 276 g/mol. The average molecular weight is 304 g/mol. The van der Waals surface area contributed by atoms with Crippen LogP contribution in [0.3, 0.4) is 0 Å². The summed E-state index contributed by atoms with van der Waals surface area (Å²) in [6, 6.07) is -0.716. The van der Waals surface area contributed by atoms with E-state index in [2.05, 4.69) is 0 Å². The zero-order valence-corrected chi connectivity index (χ0v) is 12.6. The number of rotatable bonds is 10. The van der Waals surface area contributed by atoms with Gasteiger partial charge < -0.3 is 28.0 Å². The predicted octanol–water partition coefficient (Wildman–Crippen LogP) is -0.709. The van der Waals surface area contributed by atoms with E-state index in [9.17, 15) is 14.4 Å². The number of unbranched alkanes of at least 4 members (excludes halogenated alkanes) is 2. The lowest BCUT2D eigenvalue weighted by atomic mass is 10.0. The van der Waals surface area contributed by atoms with E-state index in [1.165, 1.54) is 0 Å². The monoisotopic (exact) mass is 304 g/mol. The number of carboxylic acid groups (broad SMARTS) is 1. The molecule has 0 heterocycles. The topological polar surface area (TPSA) is 176 Å². The Hall–Kier alpha value is -1.67. The van der Waals surface area contributed by atoms with Crippen LogP contribution in [0, 0.1) is 5.92 Å². The van der Waals surface area contributed by atoms with Gasteiger partial charge in [-0.25, -0.2) is 0 Å². The van der Waals surface area contributed by atoms with Gasteiger partial charge in [0.25, 0.3) is 0 Å². The van der Waals surface area contributed by atoms with Gasteiger partial charge in [0.05, 0.1) is 0 Å². The van der Waals surface area contributed by atoms with Crippen molar-refractivity contribution in [2.24, 2.45) is 28.9 Å². The number of aliphatic carboxylic acids is 1. The normalized spacial score (nSPS) is 11.4. The summed E-state index contributed by atoms with van der Waals surface area (Å²) in [7, 11) is 0. The van der Waals surface area contributed by atoms with Gasteiger partial charge >= 0.3 is 5.97 Å². The van der Waals surface area contributed by atoms with Crippen molar-refractivity contribution in [2.75, 3.05) is 6.54 Å². The highest BCUT2D eigenvalue weighted by Crippen LogP contribution is 2.06. The average Bonchev–Trinajstić information content (AvgIpc) is 2.39. The number of primary amides is 2. The van der Waals surface area contributed by atoms with Crippen molar-refractivity contribution in [1.29, 1.82) is 0 Å². The summed E-state index contributed by atoms with van der Waals surface area (Å²) in [6.07, 6.45) is 4.37. The fraction of sp³-hybridized carbons (Fsp3) is 0.769. The predicted molar refractivity (Wildman–Crippen MR) is 79.9 cm³/mol. The van der Waals surface area contributed by atoms with Crippen molar-refractivity contribution in [3.05, 3.63) is 0 Å². The van der Waals surface area contributed by atoms with Gasteiger partial charge in [0.2, 0.25) is 11.8 Å². The van der Waals surface area contributed by atoms with Gasteiger partial charge in [0.1, 0.15) is 12.0 Å². The molecule has 0 aromatic heterocycles. The molecule has 0 unspecified atom stereocenters. The van der Waals surface area contributed by atoms with E-state index in [-0.39, 0.29) is 0 Å². The summed E-state index contributed by atoms with van der Waals surface area (Å²) < 4.78 is 0. The first-order chi connectivity index (χ1) is 9.77. The first-order valence-corrected chi connectivity index (χ1v) is 7.04. The molecule has 9 N–H and O–H groups in total. The molecule has 1 atom stereocenters. The Labute approximate surface area is 125 Å². The Morgan fingerprint density at radius 2 is 1.52 bits per heavy atom. The maximum absolute atomic E-state index is 10.6. The molecule has 0 rings (SSSR count). The molecule has 124 valence electrons. The molecule has 0 radical (unpaired) electrons. The standard InChI is InChI=1S/C7H14N2O2.C6H14N2O2/c1-2-3-4-5(6(8)10)7(9)11;7-4-2-1-3-5(8)6(9)10/h5H,2-4H2,1H3,(H2,8,10)(H2,9,11);5H,1-4,7-8H2,(H,9,10)/t;5-/m.0/s1. The van der Waals surface area contributed by atoms with Crippen LogP contribution in [0.2, 0.25) is 0 Å². The number of nitrogens with two attached hydrogens (primary N) is 4. The van der Waals surface area contributed by atoms with E-state index < -0.39 is 29.7 Å². The molecule has 0 saturated carbocycles. The van der Waals surface area contributed by atoms with Crippen LogP contribution in [0.1, 0.15) is 45.4 Å². The van der Waals surface area contributed by atoms with Gasteiger partial charge in [-0.1, -0.05) is 26.2 Å². The zero-order valence-electron chi connectivity index (χ0n) is 12.6. The Kier molecular flexibility index (Phi) is 13.7. The van der Waals surface area contributed by atoms with Crippen LogP contribution in [0.4, 0.5) is 0 Å². The molecule has 0 aliphatic rings. The van der Waals surface area contributed by atoms with E-state index in [1.54, 1.807) is 0 Å². The number of hydrogen-bond acceptors (Lipinski definition) is 5. The van der Waals surface area contributed by atoms with Crippen molar-refractivity contribution < 1.29 is 19.5 Å². The largest absolute Gasteiger partial charge is 0.480 e. The first-order valence-electron chi connectivity index (χ1n) is 7.04. The first kappa shape index (κ1) is 21.6. The minimum absolute atomic E-state index is 0.473. The van der Waals surface area contributed by atoms with Gasteiger partial charge in [0, 0.05) is 0 Å². The second-order valence-electron chi connectivity index (χ2n) is 4.73. The maximum atomic E-state index is 10.6. The van der Waals surface area contributed by atoms with Crippen LogP contribution in [-0.4, -0.2) is 35.5 Å². The van der Waals surface area contributed by atoms with Crippen molar-refractivity contribution in [1.82, 2.24) is 0 Å². The van der Waals surface area contributed by atoms with E-state index in [4.69, 9.17) is 28.0 Å². The molecule has 0 aliphatic carbocycles. The number of carboxylic acids is 1. The quantitative estimate of drug-likeness (QED) is 0.263. The molecule has 21 heavy (non-hydrogen) atoms.